The molecule has 1 aromatic carbocycles. The Labute approximate surface area is 163 Å². The summed E-state index contributed by atoms with van der Waals surface area (Å²) in [4.78, 5) is 26.4. The number of pyridine rings is 2. The predicted octanol–water partition coefficient (Wildman–Crippen LogP) is 3.87. The van der Waals surface area contributed by atoms with Crippen molar-refractivity contribution >= 4 is 28.3 Å². The van der Waals surface area contributed by atoms with Gasteiger partial charge in [-0.05, 0) is 35.9 Å². The van der Waals surface area contributed by atoms with Crippen molar-refractivity contribution < 1.29 is 4.79 Å². The van der Waals surface area contributed by atoms with Crippen LogP contribution in [0.25, 0.3) is 22.2 Å². The molecule has 0 atom stereocenters. The molecule has 3 heterocycles. The molecule has 1 amide bonds. The van der Waals surface area contributed by atoms with E-state index in [1.165, 1.54) is 0 Å². The number of carbonyl (C=O) groups is 1. The van der Waals surface area contributed by atoms with E-state index in [-0.39, 0.29) is 12.3 Å². The van der Waals surface area contributed by atoms with Crippen LogP contribution in [0, 0.1) is 0 Å². The largest absolute Gasteiger partial charge is 0.378 e. The van der Waals surface area contributed by atoms with Gasteiger partial charge in [0.25, 0.3) is 0 Å². The van der Waals surface area contributed by atoms with E-state index < -0.39 is 0 Å². The van der Waals surface area contributed by atoms with Gasteiger partial charge in [-0.15, -0.1) is 0 Å². The number of hydrogen-bond acceptors (Lipinski definition) is 4. The quantitative estimate of drug-likeness (QED) is 0.558. The van der Waals surface area contributed by atoms with Gasteiger partial charge in [-0.3, -0.25) is 9.78 Å². The minimum absolute atomic E-state index is 0.0661. The van der Waals surface area contributed by atoms with E-state index in [2.05, 4.69) is 20.3 Å². The average molecular weight is 371 g/mol. The van der Waals surface area contributed by atoms with Crippen LogP contribution in [-0.2, 0) is 11.2 Å². The molecule has 0 aliphatic heterocycles. The predicted molar refractivity (Wildman–Crippen MR) is 112 cm³/mol. The fourth-order valence-corrected chi connectivity index (χ4v) is 3.14. The van der Waals surface area contributed by atoms with Gasteiger partial charge in [0.2, 0.25) is 5.91 Å². The Morgan fingerprint density at radius 3 is 2.79 bits per heavy atom. The van der Waals surface area contributed by atoms with Crippen LogP contribution in [0.5, 0.6) is 0 Å². The number of carbonyl (C=O) groups excluding carboxylic acids is 1. The van der Waals surface area contributed by atoms with Crippen molar-refractivity contribution in [3.63, 3.8) is 0 Å². The highest BCUT2D eigenvalue weighted by atomic mass is 16.1. The maximum atomic E-state index is 12.6. The third kappa shape index (κ3) is 3.71. The van der Waals surface area contributed by atoms with Gasteiger partial charge in [-0.25, -0.2) is 4.98 Å². The minimum atomic E-state index is -0.0661. The summed E-state index contributed by atoms with van der Waals surface area (Å²) < 4.78 is 0. The number of fused-ring (bicyclic) bond motifs is 1. The van der Waals surface area contributed by atoms with E-state index in [4.69, 9.17) is 0 Å². The monoisotopic (exact) mass is 371 g/mol. The zero-order chi connectivity index (χ0) is 19.5. The molecule has 0 saturated carbocycles. The van der Waals surface area contributed by atoms with Crippen LogP contribution in [0.3, 0.4) is 0 Å². The third-order valence-corrected chi connectivity index (χ3v) is 4.61. The average Bonchev–Trinajstić information content (AvgIpc) is 3.10. The van der Waals surface area contributed by atoms with Crippen LogP contribution in [0.2, 0.25) is 0 Å². The van der Waals surface area contributed by atoms with Gasteiger partial charge >= 0.3 is 0 Å². The van der Waals surface area contributed by atoms with E-state index in [0.717, 1.165) is 39.1 Å². The number of aromatic nitrogens is 3. The topological polar surface area (TPSA) is 73.9 Å². The third-order valence-electron chi connectivity index (χ3n) is 4.61. The first-order valence-corrected chi connectivity index (χ1v) is 9.04. The normalized spacial score (nSPS) is 10.8. The van der Waals surface area contributed by atoms with Crippen molar-refractivity contribution in [3.8, 4) is 11.1 Å². The van der Waals surface area contributed by atoms with Crippen LogP contribution in [0.4, 0.5) is 11.4 Å². The molecule has 6 nitrogen and oxygen atoms in total. The van der Waals surface area contributed by atoms with Gasteiger partial charge in [0.1, 0.15) is 5.65 Å². The molecule has 0 radical (unpaired) electrons. The molecule has 28 heavy (non-hydrogen) atoms. The van der Waals surface area contributed by atoms with Crippen molar-refractivity contribution in [2.75, 3.05) is 24.3 Å². The summed E-state index contributed by atoms with van der Waals surface area (Å²) in [5.74, 6) is -0.0661. The summed E-state index contributed by atoms with van der Waals surface area (Å²) in [5.41, 5.74) is 5.47. The summed E-state index contributed by atoms with van der Waals surface area (Å²) in [6.45, 7) is 0. The van der Waals surface area contributed by atoms with Crippen molar-refractivity contribution in [2.45, 2.75) is 6.42 Å². The lowest BCUT2D eigenvalue weighted by Gasteiger charge is -2.14. The highest BCUT2D eigenvalue weighted by Crippen LogP contribution is 2.25. The molecule has 0 unspecified atom stereocenters. The second-order valence-electron chi connectivity index (χ2n) is 6.85. The molecule has 0 saturated heterocycles. The Kier molecular flexibility index (Phi) is 4.76. The first-order valence-electron chi connectivity index (χ1n) is 9.04. The molecule has 0 fully saturated rings. The number of hydrogen-bond donors (Lipinski definition) is 2. The zero-order valence-corrected chi connectivity index (χ0v) is 15.8. The van der Waals surface area contributed by atoms with Crippen LogP contribution < -0.4 is 10.2 Å². The standard InChI is InChI=1S/C22H21N5O/c1-27(2)19-7-3-6-18(11-19)26-21(28)10-17-14-25-22-20(17)9-16(13-24-22)15-5-4-8-23-12-15/h3-9,11-14H,10H2,1-2H3,(H,24,25)(H,26,28). The number of rotatable bonds is 5. The Hall–Kier alpha value is -3.67. The van der Waals surface area contributed by atoms with Gasteiger partial charge in [0.15, 0.2) is 0 Å². The van der Waals surface area contributed by atoms with Crippen molar-refractivity contribution in [1.29, 1.82) is 0 Å². The molecule has 4 aromatic rings. The van der Waals surface area contributed by atoms with Crippen LogP contribution in [-0.4, -0.2) is 35.0 Å². The fourth-order valence-electron chi connectivity index (χ4n) is 3.14. The maximum Gasteiger partial charge on any atom is 0.228 e. The summed E-state index contributed by atoms with van der Waals surface area (Å²) in [6.07, 6.45) is 7.48. The van der Waals surface area contributed by atoms with Crippen LogP contribution in [0.1, 0.15) is 5.56 Å². The number of nitrogens with one attached hydrogen (secondary N) is 2. The van der Waals surface area contributed by atoms with Gasteiger partial charge < -0.3 is 15.2 Å². The zero-order valence-electron chi connectivity index (χ0n) is 15.8. The maximum absolute atomic E-state index is 12.6. The first kappa shape index (κ1) is 17.7. The molecule has 3 aromatic heterocycles. The molecule has 2 N–H and O–H groups in total. The highest BCUT2D eigenvalue weighted by molar-refractivity contribution is 5.96. The Morgan fingerprint density at radius 2 is 2.00 bits per heavy atom. The molecular weight excluding hydrogens is 350 g/mol. The van der Waals surface area contributed by atoms with E-state index in [1.807, 2.05) is 73.9 Å². The van der Waals surface area contributed by atoms with Crippen molar-refractivity contribution in [3.05, 3.63) is 72.8 Å². The number of anilines is 2. The highest BCUT2D eigenvalue weighted by Gasteiger charge is 2.12. The molecule has 0 spiro atoms. The van der Waals surface area contributed by atoms with Gasteiger partial charge in [0, 0.05) is 66.8 Å². The number of aromatic amines is 1. The number of benzene rings is 1. The van der Waals surface area contributed by atoms with E-state index in [0.29, 0.717) is 0 Å². The molecule has 4 rings (SSSR count). The summed E-state index contributed by atoms with van der Waals surface area (Å²) in [6, 6.07) is 13.7. The van der Waals surface area contributed by atoms with Gasteiger partial charge in [-0.2, -0.15) is 0 Å². The van der Waals surface area contributed by atoms with Crippen molar-refractivity contribution in [2.24, 2.45) is 0 Å². The van der Waals surface area contributed by atoms with E-state index in [1.54, 1.807) is 12.4 Å². The molecule has 6 heteroatoms. The SMILES string of the molecule is CN(C)c1cccc(NC(=O)Cc2c[nH]c3ncc(-c4cccnc4)cc23)c1. The molecule has 0 aliphatic rings. The van der Waals surface area contributed by atoms with Gasteiger partial charge in [0.05, 0.1) is 6.42 Å². The van der Waals surface area contributed by atoms with Crippen LogP contribution in [0.15, 0.2) is 67.3 Å². The Morgan fingerprint density at radius 1 is 1.11 bits per heavy atom. The van der Waals surface area contributed by atoms with Crippen molar-refractivity contribution in [1.82, 2.24) is 15.0 Å². The molecule has 140 valence electrons. The fraction of sp³-hybridized carbons (Fsp3) is 0.136. The lowest BCUT2D eigenvalue weighted by molar-refractivity contribution is -0.115. The number of H-pyrrole nitrogens is 1. The molecular formula is C22H21N5O. The van der Waals surface area contributed by atoms with Crippen LogP contribution >= 0.6 is 0 Å². The first-order chi connectivity index (χ1) is 13.6. The minimum Gasteiger partial charge on any atom is -0.378 e. The number of nitrogens with zero attached hydrogens (tertiary/aromatic N) is 3. The Balaban J connectivity index is 1.56. The smallest absolute Gasteiger partial charge is 0.228 e. The number of amides is 1. The lowest BCUT2D eigenvalue weighted by Crippen LogP contribution is -2.15. The molecule has 0 aliphatic carbocycles. The lowest BCUT2D eigenvalue weighted by atomic mass is 10.1. The van der Waals surface area contributed by atoms with Gasteiger partial charge in [-0.1, -0.05) is 12.1 Å². The second-order valence-corrected chi connectivity index (χ2v) is 6.85. The second kappa shape index (κ2) is 7.52. The summed E-state index contributed by atoms with van der Waals surface area (Å²) >= 11 is 0. The summed E-state index contributed by atoms with van der Waals surface area (Å²) in [7, 11) is 3.94. The molecule has 0 bridgehead atoms. The van der Waals surface area contributed by atoms with E-state index in [9.17, 15) is 4.79 Å². The Bertz CT molecular complexity index is 1120. The van der Waals surface area contributed by atoms with E-state index >= 15 is 0 Å². The summed E-state index contributed by atoms with van der Waals surface area (Å²) in [5, 5.41) is 3.92.